The topological polar surface area (TPSA) is 98.8 Å². The maximum atomic E-state index is 12.1. The average Bonchev–Trinajstić information content (AvgIpc) is 2.58. The zero-order valence-corrected chi connectivity index (χ0v) is 14.8. The Morgan fingerprint density at radius 3 is 2.30 bits per heavy atom. The molecule has 10 heteroatoms. The summed E-state index contributed by atoms with van der Waals surface area (Å²) in [6, 6.07) is 10.6. The molecule has 0 amide bonds. The first-order chi connectivity index (χ1) is 12.7. The number of carbonyl (C=O) groups excluding carboxylic acids is 2. The molecule has 0 radical (unpaired) electrons. The number of nitrogens with one attached hydrogen (secondary N) is 1. The van der Waals surface area contributed by atoms with E-state index in [1.54, 1.807) is 0 Å². The predicted molar refractivity (Wildman–Crippen MR) is 92.6 cm³/mol. The van der Waals surface area contributed by atoms with Gasteiger partial charge in [0, 0.05) is 5.56 Å². The SMILES string of the molecule is CS(=O)(=O)Nc1ccccc1C(=O)OCC(=O)c1ccc(OC(F)F)cc1. The summed E-state index contributed by atoms with van der Waals surface area (Å²) in [6.07, 6.45) is 0.931. The smallest absolute Gasteiger partial charge is 0.387 e. The third-order valence-corrected chi connectivity index (χ3v) is 3.77. The lowest BCUT2D eigenvalue weighted by Crippen LogP contribution is -2.17. The van der Waals surface area contributed by atoms with Crippen molar-refractivity contribution in [1.82, 2.24) is 0 Å². The number of anilines is 1. The van der Waals surface area contributed by atoms with Crippen LogP contribution in [0.4, 0.5) is 14.5 Å². The molecule has 0 aliphatic carbocycles. The molecule has 0 heterocycles. The van der Waals surface area contributed by atoms with Crippen molar-refractivity contribution in [2.45, 2.75) is 6.61 Å². The number of Topliss-reactive ketones (excluding diaryl/α,β-unsaturated/α-hetero) is 1. The Morgan fingerprint density at radius 1 is 1.07 bits per heavy atom. The maximum absolute atomic E-state index is 12.1. The number of hydrogen-bond acceptors (Lipinski definition) is 6. The molecule has 0 saturated carbocycles. The van der Waals surface area contributed by atoms with Gasteiger partial charge in [-0.1, -0.05) is 12.1 Å². The molecule has 0 spiro atoms. The van der Waals surface area contributed by atoms with Crippen LogP contribution in [0.25, 0.3) is 0 Å². The van der Waals surface area contributed by atoms with Gasteiger partial charge < -0.3 is 9.47 Å². The number of benzene rings is 2. The van der Waals surface area contributed by atoms with Crippen LogP contribution in [0.15, 0.2) is 48.5 Å². The van der Waals surface area contributed by atoms with Crippen molar-refractivity contribution in [3.8, 4) is 5.75 Å². The number of halogens is 2. The van der Waals surface area contributed by atoms with Crippen LogP contribution < -0.4 is 9.46 Å². The summed E-state index contributed by atoms with van der Waals surface area (Å²) in [4.78, 5) is 24.2. The van der Waals surface area contributed by atoms with E-state index in [4.69, 9.17) is 4.74 Å². The van der Waals surface area contributed by atoms with Crippen molar-refractivity contribution in [3.05, 3.63) is 59.7 Å². The van der Waals surface area contributed by atoms with Crippen LogP contribution in [0.2, 0.25) is 0 Å². The number of alkyl halides is 2. The van der Waals surface area contributed by atoms with E-state index in [0.717, 1.165) is 6.26 Å². The van der Waals surface area contributed by atoms with Crippen molar-refractivity contribution >= 4 is 27.5 Å². The van der Waals surface area contributed by atoms with Crippen LogP contribution in [0, 0.1) is 0 Å². The molecule has 0 atom stereocenters. The molecule has 0 aliphatic rings. The first-order valence-corrected chi connectivity index (χ1v) is 9.37. The first-order valence-electron chi connectivity index (χ1n) is 7.48. The van der Waals surface area contributed by atoms with Gasteiger partial charge in [-0.25, -0.2) is 13.2 Å². The van der Waals surface area contributed by atoms with Gasteiger partial charge in [-0.3, -0.25) is 9.52 Å². The number of sulfonamides is 1. The van der Waals surface area contributed by atoms with Crippen molar-refractivity contribution in [1.29, 1.82) is 0 Å². The second-order valence-electron chi connectivity index (χ2n) is 5.32. The Morgan fingerprint density at radius 2 is 1.70 bits per heavy atom. The van der Waals surface area contributed by atoms with Gasteiger partial charge in [0.2, 0.25) is 10.0 Å². The summed E-state index contributed by atoms with van der Waals surface area (Å²) in [6.45, 7) is -3.59. The number of rotatable bonds is 8. The fourth-order valence-electron chi connectivity index (χ4n) is 2.06. The normalized spacial score (nSPS) is 11.1. The molecule has 0 bridgehead atoms. The lowest BCUT2D eigenvalue weighted by molar-refractivity contribution is -0.0498. The number of hydrogen-bond donors (Lipinski definition) is 1. The third-order valence-electron chi connectivity index (χ3n) is 3.18. The van der Waals surface area contributed by atoms with E-state index in [-0.39, 0.29) is 22.6 Å². The molecule has 2 aromatic carbocycles. The molecule has 1 N–H and O–H groups in total. The molecule has 2 rings (SSSR count). The highest BCUT2D eigenvalue weighted by atomic mass is 32.2. The Bertz CT molecular complexity index is 929. The van der Waals surface area contributed by atoms with Crippen molar-refractivity contribution in [2.24, 2.45) is 0 Å². The third kappa shape index (κ3) is 6.33. The van der Waals surface area contributed by atoms with E-state index >= 15 is 0 Å². The second-order valence-corrected chi connectivity index (χ2v) is 7.07. The molecule has 7 nitrogen and oxygen atoms in total. The van der Waals surface area contributed by atoms with Gasteiger partial charge in [0.15, 0.2) is 12.4 Å². The summed E-state index contributed by atoms with van der Waals surface area (Å²) in [7, 11) is -3.61. The zero-order chi connectivity index (χ0) is 20.0. The highest BCUT2D eigenvalue weighted by Gasteiger charge is 2.17. The highest BCUT2D eigenvalue weighted by molar-refractivity contribution is 7.92. The van der Waals surface area contributed by atoms with Crippen LogP contribution >= 0.6 is 0 Å². The summed E-state index contributed by atoms with van der Waals surface area (Å²) in [5, 5.41) is 0. The van der Waals surface area contributed by atoms with E-state index in [2.05, 4.69) is 9.46 Å². The Hall–Kier alpha value is -3.01. The Labute approximate surface area is 154 Å². The van der Waals surface area contributed by atoms with Crippen LogP contribution in [0.3, 0.4) is 0 Å². The number of para-hydroxylation sites is 1. The molecule has 2 aromatic rings. The van der Waals surface area contributed by atoms with Crippen LogP contribution in [-0.2, 0) is 14.8 Å². The van der Waals surface area contributed by atoms with Gasteiger partial charge in [-0.2, -0.15) is 8.78 Å². The van der Waals surface area contributed by atoms with Crippen molar-refractivity contribution < 1.29 is 36.3 Å². The molecule has 0 fully saturated rings. The first kappa shape index (κ1) is 20.3. The standard InChI is InChI=1S/C17H15F2NO6S/c1-27(23,24)20-14-5-3-2-4-13(14)16(22)25-10-15(21)11-6-8-12(9-7-11)26-17(18)19/h2-9,17,20H,10H2,1H3. The number of ether oxygens (including phenoxy) is 2. The van der Waals surface area contributed by atoms with Gasteiger partial charge in [0.05, 0.1) is 17.5 Å². The molecule has 27 heavy (non-hydrogen) atoms. The quantitative estimate of drug-likeness (QED) is 0.541. The molecule has 0 saturated heterocycles. The van der Waals surface area contributed by atoms with Gasteiger partial charge in [0.1, 0.15) is 5.75 Å². The Kier molecular flexibility index (Phi) is 6.45. The molecular formula is C17H15F2NO6S. The largest absolute Gasteiger partial charge is 0.454 e. The highest BCUT2D eigenvalue weighted by Crippen LogP contribution is 2.18. The van der Waals surface area contributed by atoms with Crippen LogP contribution in [-0.4, -0.2) is 39.6 Å². The molecule has 0 unspecified atom stereocenters. The fraction of sp³-hybridized carbons (Fsp3) is 0.176. The van der Waals surface area contributed by atoms with Gasteiger partial charge >= 0.3 is 12.6 Å². The average molecular weight is 399 g/mol. The maximum Gasteiger partial charge on any atom is 0.387 e. The van der Waals surface area contributed by atoms with Gasteiger partial charge in [0.25, 0.3) is 0 Å². The number of carbonyl (C=O) groups is 2. The minimum absolute atomic E-state index is 0.0194. The molecule has 0 aromatic heterocycles. The second kappa shape index (κ2) is 8.58. The predicted octanol–water partition coefficient (Wildman–Crippen LogP) is 2.70. The Balaban J connectivity index is 2.02. The molecule has 144 valence electrons. The number of ketones is 1. The molecular weight excluding hydrogens is 384 g/mol. The zero-order valence-electron chi connectivity index (χ0n) is 14.0. The van der Waals surface area contributed by atoms with E-state index in [0.29, 0.717) is 0 Å². The minimum Gasteiger partial charge on any atom is -0.454 e. The lowest BCUT2D eigenvalue weighted by Gasteiger charge is -2.10. The number of esters is 1. The minimum atomic E-state index is -3.61. The van der Waals surface area contributed by atoms with E-state index < -0.39 is 35.0 Å². The van der Waals surface area contributed by atoms with E-state index in [1.165, 1.54) is 48.5 Å². The van der Waals surface area contributed by atoms with Crippen LogP contribution in [0.5, 0.6) is 5.75 Å². The van der Waals surface area contributed by atoms with Crippen LogP contribution in [0.1, 0.15) is 20.7 Å². The van der Waals surface area contributed by atoms with E-state index in [1.807, 2.05) is 0 Å². The van der Waals surface area contributed by atoms with Gasteiger partial charge in [-0.05, 0) is 36.4 Å². The van der Waals surface area contributed by atoms with E-state index in [9.17, 15) is 26.8 Å². The lowest BCUT2D eigenvalue weighted by atomic mass is 10.1. The summed E-state index contributed by atoms with van der Waals surface area (Å²) >= 11 is 0. The summed E-state index contributed by atoms with van der Waals surface area (Å²) in [5.41, 5.74) is 0.0920. The van der Waals surface area contributed by atoms with Crippen molar-refractivity contribution in [3.63, 3.8) is 0 Å². The van der Waals surface area contributed by atoms with Gasteiger partial charge in [-0.15, -0.1) is 0 Å². The summed E-state index contributed by atoms with van der Waals surface area (Å²) < 4.78 is 58.2. The fourth-order valence-corrected chi connectivity index (χ4v) is 2.64. The molecule has 0 aliphatic heterocycles. The van der Waals surface area contributed by atoms with Crippen molar-refractivity contribution in [2.75, 3.05) is 17.6 Å². The monoisotopic (exact) mass is 399 g/mol. The summed E-state index contributed by atoms with van der Waals surface area (Å²) in [5.74, 6) is -1.58.